The molecule has 1 aromatic rings. The summed E-state index contributed by atoms with van der Waals surface area (Å²) in [5.74, 6) is -0.465. The van der Waals surface area contributed by atoms with E-state index in [4.69, 9.17) is 5.11 Å². The minimum atomic E-state index is -0.437. The van der Waals surface area contributed by atoms with Crippen molar-refractivity contribution in [3.05, 3.63) is 29.6 Å². The van der Waals surface area contributed by atoms with Crippen molar-refractivity contribution >= 4 is 0 Å². The number of halogens is 1. The monoisotopic (exact) mass is 225 g/mol. The minimum absolute atomic E-state index is 0.0279. The number of nitrogens with one attached hydrogen (secondary N) is 1. The van der Waals surface area contributed by atoms with Crippen LogP contribution in [0.5, 0.6) is 5.75 Å². The van der Waals surface area contributed by atoms with Crippen LogP contribution < -0.4 is 5.32 Å². The molecule has 3 nitrogen and oxygen atoms in total. The third kappa shape index (κ3) is 2.33. The molecular weight excluding hydrogens is 209 g/mol. The summed E-state index contributed by atoms with van der Waals surface area (Å²) in [5.41, 5.74) is 0.683. The molecule has 1 aliphatic rings. The quantitative estimate of drug-likeness (QED) is 0.734. The standard InChI is InChI=1S/C12H16FNO2/c1-7(14-9-5-10(15)6-9)11-3-2-8(13)4-12(11)16/h2-4,7,9-10,14-16H,5-6H2,1H3. The number of aliphatic hydroxyl groups is 1. The maximum Gasteiger partial charge on any atom is 0.126 e. The Morgan fingerprint density at radius 2 is 2.12 bits per heavy atom. The fraction of sp³-hybridized carbons (Fsp3) is 0.500. The van der Waals surface area contributed by atoms with E-state index in [9.17, 15) is 9.50 Å². The van der Waals surface area contributed by atoms with Crippen LogP contribution in [0.3, 0.4) is 0 Å². The molecule has 1 atom stereocenters. The summed E-state index contributed by atoms with van der Waals surface area (Å²) < 4.78 is 12.8. The van der Waals surface area contributed by atoms with Gasteiger partial charge in [-0.25, -0.2) is 4.39 Å². The predicted octanol–water partition coefficient (Wildman–Crippen LogP) is 1.71. The van der Waals surface area contributed by atoms with Gasteiger partial charge in [0.25, 0.3) is 0 Å². The second kappa shape index (κ2) is 4.39. The molecule has 3 N–H and O–H groups in total. The van der Waals surface area contributed by atoms with E-state index in [2.05, 4.69) is 5.32 Å². The van der Waals surface area contributed by atoms with Gasteiger partial charge in [0.05, 0.1) is 6.10 Å². The maximum absolute atomic E-state index is 12.8. The Balaban J connectivity index is 2.00. The zero-order valence-electron chi connectivity index (χ0n) is 9.15. The van der Waals surface area contributed by atoms with Crippen molar-refractivity contribution in [2.75, 3.05) is 0 Å². The topological polar surface area (TPSA) is 52.5 Å². The molecule has 1 fully saturated rings. The van der Waals surface area contributed by atoms with Gasteiger partial charge in [-0.1, -0.05) is 6.07 Å². The first-order valence-electron chi connectivity index (χ1n) is 5.49. The molecule has 4 heteroatoms. The van der Waals surface area contributed by atoms with Gasteiger partial charge in [0.15, 0.2) is 0 Å². The normalized spacial score (nSPS) is 26.2. The summed E-state index contributed by atoms with van der Waals surface area (Å²) in [4.78, 5) is 0. The SMILES string of the molecule is CC(NC1CC(O)C1)c1ccc(F)cc1O. The third-order valence-corrected chi connectivity index (χ3v) is 3.06. The van der Waals surface area contributed by atoms with Gasteiger partial charge in [-0.05, 0) is 25.8 Å². The average Bonchev–Trinajstić information content (AvgIpc) is 2.15. The number of rotatable bonds is 3. The highest BCUT2D eigenvalue weighted by Crippen LogP contribution is 2.28. The smallest absolute Gasteiger partial charge is 0.126 e. The molecule has 0 amide bonds. The van der Waals surface area contributed by atoms with Crippen molar-refractivity contribution in [1.82, 2.24) is 5.32 Å². The highest BCUT2D eigenvalue weighted by atomic mass is 19.1. The number of hydrogen-bond donors (Lipinski definition) is 3. The van der Waals surface area contributed by atoms with Gasteiger partial charge in [-0.2, -0.15) is 0 Å². The van der Waals surface area contributed by atoms with Gasteiger partial charge in [0.1, 0.15) is 11.6 Å². The Labute approximate surface area is 93.9 Å². The van der Waals surface area contributed by atoms with Gasteiger partial charge in [0, 0.05) is 23.7 Å². The molecule has 1 aliphatic carbocycles. The predicted molar refractivity (Wildman–Crippen MR) is 58.6 cm³/mol. The molecule has 0 saturated heterocycles. The molecule has 88 valence electrons. The van der Waals surface area contributed by atoms with Crippen LogP contribution >= 0.6 is 0 Å². The van der Waals surface area contributed by atoms with E-state index in [0.29, 0.717) is 5.56 Å². The fourth-order valence-corrected chi connectivity index (χ4v) is 2.05. The molecule has 1 unspecified atom stereocenters. The average molecular weight is 225 g/mol. The van der Waals surface area contributed by atoms with Crippen molar-refractivity contribution in [3.8, 4) is 5.75 Å². The maximum atomic E-state index is 12.8. The van der Waals surface area contributed by atoms with Gasteiger partial charge in [-0.15, -0.1) is 0 Å². The van der Waals surface area contributed by atoms with Crippen molar-refractivity contribution in [2.45, 2.75) is 38.0 Å². The molecular formula is C12H16FNO2. The summed E-state index contributed by atoms with van der Waals surface area (Å²) in [6.07, 6.45) is 1.28. The summed E-state index contributed by atoms with van der Waals surface area (Å²) in [6, 6.07) is 4.27. The van der Waals surface area contributed by atoms with Crippen molar-refractivity contribution in [3.63, 3.8) is 0 Å². The lowest BCUT2D eigenvalue weighted by Gasteiger charge is -2.34. The lowest BCUT2D eigenvalue weighted by molar-refractivity contribution is 0.0585. The van der Waals surface area contributed by atoms with Gasteiger partial charge >= 0.3 is 0 Å². The van der Waals surface area contributed by atoms with Crippen LogP contribution in [-0.4, -0.2) is 22.4 Å². The Kier molecular flexibility index (Phi) is 3.12. The second-order valence-electron chi connectivity index (χ2n) is 4.41. The van der Waals surface area contributed by atoms with E-state index >= 15 is 0 Å². The molecule has 16 heavy (non-hydrogen) atoms. The van der Waals surface area contributed by atoms with Crippen LogP contribution in [0.4, 0.5) is 4.39 Å². The Morgan fingerprint density at radius 3 is 2.69 bits per heavy atom. The van der Waals surface area contributed by atoms with Crippen LogP contribution in [0.25, 0.3) is 0 Å². The third-order valence-electron chi connectivity index (χ3n) is 3.06. The zero-order chi connectivity index (χ0) is 11.7. The number of hydrogen-bond acceptors (Lipinski definition) is 3. The summed E-state index contributed by atoms with van der Waals surface area (Å²) in [6.45, 7) is 1.91. The van der Waals surface area contributed by atoms with E-state index < -0.39 is 5.82 Å². The molecule has 0 aromatic heterocycles. The Morgan fingerprint density at radius 1 is 1.44 bits per heavy atom. The van der Waals surface area contributed by atoms with Gasteiger partial charge in [0.2, 0.25) is 0 Å². The first-order chi connectivity index (χ1) is 7.56. The molecule has 2 rings (SSSR count). The van der Waals surface area contributed by atoms with Crippen molar-refractivity contribution in [1.29, 1.82) is 0 Å². The molecule has 0 bridgehead atoms. The van der Waals surface area contributed by atoms with Gasteiger partial charge < -0.3 is 15.5 Å². The summed E-state index contributed by atoms with van der Waals surface area (Å²) in [7, 11) is 0. The molecule has 1 saturated carbocycles. The highest BCUT2D eigenvalue weighted by molar-refractivity contribution is 5.35. The number of phenols is 1. The van der Waals surface area contributed by atoms with Crippen molar-refractivity contribution in [2.24, 2.45) is 0 Å². The first kappa shape index (κ1) is 11.4. The zero-order valence-corrected chi connectivity index (χ0v) is 9.15. The molecule has 0 spiro atoms. The number of aromatic hydroxyl groups is 1. The van der Waals surface area contributed by atoms with Crippen LogP contribution in [0, 0.1) is 5.82 Å². The van der Waals surface area contributed by atoms with Crippen LogP contribution in [0.1, 0.15) is 31.4 Å². The first-order valence-corrected chi connectivity index (χ1v) is 5.49. The van der Waals surface area contributed by atoms with Crippen LogP contribution in [-0.2, 0) is 0 Å². The fourth-order valence-electron chi connectivity index (χ4n) is 2.05. The van der Waals surface area contributed by atoms with E-state index in [0.717, 1.165) is 18.9 Å². The Bertz CT molecular complexity index is 377. The summed E-state index contributed by atoms with van der Waals surface area (Å²) >= 11 is 0. The van der Waals surface area contributed by atoms with Crippen LogP contribution in [0.2, 0.25) is 0 Å². The van der Waals surface area contributed by atoms with E-state index in [1.54, 1.807) is 6.07 Å². The van der Waals surface area contributed by atoms with E-state index in [1.165, 1.54) is 6.07 Å². The lowest BCUT2D eigenvalue weighted by Crippen LogP contribution is -2.45. The van der Waals surface area contributed by atoms with Gasteiger partial charge in [-0.3, -0.25) is 0 Å². The second-order valence-corrected chi connectivity index (χ2v) is 4.41. The number of phenolic OH excluding ortho intramolecular Hbond substituents is 1. The largest absolute Gasteiger partial charge is 0.508 e. The summed E-state index contributed by atoms with van der Waals surface area (Å²) in [5, 5.41) is 22.0. The number of benzene rings is 1. The highest BCUT2D eigenvalue weighted by Gasteiger charge is 2.28. The van der Waals surface area contributed by atoms with Crippen LogP contribution in [0.15, 0.2) is 18.2 Å². The number of aliphatic hydroxyl groups excluding tert-OH is 1. The Hall–Kier alpha value is -1.13. The minimum Gasteiger partial charge on any atom is -0.508 e. The molecule has 0 aliphatic heterocycles. The van der Waals surface area contributed by atoms with Crippen molar-refractivity contribution < 1.29 is 14.6 Å². The lowest BCUT2D eigenvalue weighted by atomic mass is 9.88. The molecule has 0 radical (unpaired) electrons. The van der Waals surface area contributed by atoms with E-state index in [-0.39, 0.29) is 23.9 Å². The molecule has 1 aromatic carbocycles. The molecule has 0 heterocycles. The van der Waals surface area contributed by atoms with E-state index in [1.807, 2.05) is 6.92 Å².